The van der Waals surface area contributed by atoms with Gasteiger partial charge < -0.3 is 10.1 Å². The highest BCUT2D eigenvalue weighted by Crippen LogP contribution is 2.54. The number of ether oxygens (including phenoxy) is 1. The van der Waals surface area contributed by atoms with Gasteiger partial charge in [-0.1, -0.05) is 51.2 Å². The zero-order valence-electron chi connectivity index (χ0n) is 22.8. The van der Waals surface area contributed by atoms with Gasteiger partial charge in [-0.3, -0.25) is 23.7 Å². The molecular weight excluding hydrogens is 692 g/mol. The van der Waals surface area contributed by atoms with Gasteiger partial charge in [0.2, 0.25) is 27.7 Å². The first-order chi connectivity index (χ1) is 21.0. The summed E-state index contributed by atoms with van der Waals surface area (Å²) in [6.45, 7) is -0.360. The van der Waals surface area contributed by atoms with Crippen LogP contribution in [0.4, 0.5) is 11.4 Å². The molecule has 3 N–H and O–H groups in total. The summed E-state index contributed by atoms with van der Waals surface area (Å²) in [5, 5.41) is 7.41. The van der Waals surface area contributed by atoms with Crippen molar-refractivity contribution in [3.05, 3.63) is 97.4 Å². The van der Waals surface area contributed by atoms with Crippen LogP contribution in [0.15, 0.2) is 92.0 Å². The van der Waals surface area contributed by atoms with Crippen molar-refractivity contribution in [1.82, 2.24) is 4.57 Å². The smallest absolute Gasteiger partial charge is 0.308 e. The lowest BCUT2D eigenvalue weighted by molar-refractivity contribution is -0.122. The summed E-state index contributed by atoms with van der Waals surface area (Å²) in [5.74, 6) is -2.13. The zero-order valence-corrected chi connectivity index (χ0v) is 26.8. The molecule has 44 heavy (non-hydrogen) atoms. The summed E-state index contributed by atoms with van der Waals surface area (Å²) in [7, 11) is -2.37. The first-order valence-electron chi connectivity index (χ1n) is 13.1. The molecule has 2 aliphatic rings. The van der Waals surface area contributed by atoms with Gasteiger partial charge >= 0.3 is 4.87 Å². The van der Waals surface area contributed by atoms with Gasteiger partial charge in [-0.05, 0) is 66.2 Å². The number of anilines is 2. The molecule has 3 aromatic carbocycles. The second-order valence-corrected chi connectivity index (χ2v) is 14.6. The number of nitrogens with zero attached hydrogens (tertiary/aromatic N) is 2. The van der Waals surface area contributed by atoms with E-state index < -0.39 is 43.8 Å². The van der Waals surface area contributed by atoms with Gasteiger partial charge in [0.15, 0.2) is 0 Å². The van der Waals surface area contributed by atoms with Crippen LogP contribution in [0.25, 0.3) is 0 Å². The standard InChI is InChI=1S/C29H23BrN4O7S3/c1-41-19-9-7-18(8-10-19)34-26(36)23-22(15-3-2-4-16(30)13-15)25-28(42-24(23)27(34)37)33(29(38)43-25)14-21(35)32-17-5-11-20(12-6-17)44(31,39)40/h2-13,22-24H,14H2,1H3,(H,32,35)(H2,31,39,40)/t22-,23-,24+/m0/s1. The number of fused-ring (bicyclic) bond motifs is 2. The molecule has 1 aromatic heterocycles. The Bertz CT molecular complexity index is 1970. The maximum absolute atomic E-state index is 14.0. The van der Waals surface area contributed by atoms with E-state index in [1.165, 1.54) is 40.8 Å². The fourth-order valence-electron chi connectivity index (χ4n) is 5.37. The summed E-state index contributed by atoms with van der Waals surface area (Å²) >= 11 is 5.55. The molecule has 0 aliphatic carbocycles. The Morgan fingerprint density at radius 2 is 1.73 bits per heavy atom. The largest absolute Gasteiger partial charge is 0.497 e. The maximum atomic E-state index is 14.0. The van der Waals surface area contributed by atoms with E-state index in [2.05, 4.69) is 21.2 Å². The Morgan fingerprint density at radius 3 is 2.36 bits per heavy atom. The van der Waals surface area contributed by atoms with Crippen molar-refractivity contribution in [2.24, 2.45) is 11.1 Å². The van der Waals surface area contributed by atoms with Crippen molar-refractivity contribution in [3.63, 3.8) is 0 Å². The van der Waals surface area contributed by atoms with Crippen LogP contribution < -0.4 is 25.0 Å². The molecule has 0 saturated carbocycles. The van der Waals surface area contributed by atoms with Gasteiger partial charge in [0.25, 0.3) is 0 Å². The lowest BCUT2D eigenvalue weighted by atomic mass is 9.83. The highest BCUT2D eigenvalue weighted by atomic mass is 79.9. The number of aromatic nitrogens is 1. The predicted molar refractivity (Wildman–Crippen MR) is 170 cm³/mol. The number of benzene rings is 3. The number of imide groups is 1. The Balaban J connectivity index is 1.36. The van der Waals surface area contributed by atoms with Crippen molar-refractivity contribution in [2.45, 2.75) is 27.6 Å². The number of thioether (sulfide) groups is 1. The number of hydrogen-bond acceptors (Lipinski definition) is 9. The van der Waals surface area contributed by atoms with Crippen LogP contribution in [0.5, 0.6) is 5.75 Å². The number of carbonyl (C=O) groups is 3. The first-order valence-corrected chi connectivity index (χ1v) is 17.1. The predicted octanol–water partition coefficient (Wildman–Crippen LogP) is 3.76. The summed E-state index contributed by atoms with van der Waals surface area (Å²) in [6, 6.07) is 19.3. The minimum absolute atomic E-state index is 0.109. The lowest BCUT2D eigenvalue weighted by Gasteiger charge is -2.30. The third-order valence-electron chi connectivity index (χ3n) is 7.36. The van der Waals surface area contributed by atoms with Crippen molar-refractivity contribution in [3.8, 4) is 5.75 Å². The summed E-state index contributed by atoms with van der Waals surface area (Å²) in [5.41, 5.74) is 1.48. The van der Waals surface area contributed by atoms with Crippen LogP contribution in [-0.2, 0) is 31.0 Å². The Kier molecular flexibility index (Phi) is 8.00. The number of nitrogens with two attached hydrogens (primary N) is 1. The monoisotopic (exact) mass is 714 g/mol. The second-order valence-electron chi connectivity index (χ2n) is 10.0. The number of hydrogen-bond donors (Lipinski definition) is 2. The number of carbonyl (C=O) groups excluding carboxylic acids is 3. The highest BCUT2D eigenvalue weighted by Gasteiger charge is 2.56. The van der Waals surface area contributed by atoms with Gasteiger partial charge in [-0.2, -0.15) is 0 Å². The number of amides is 3. The van der Waals surface area contributed by atoms with E-state index in [1.54, 1.807) is 24.3 Å². The quantitative estimate of drug-likeness (QED) is 0.274. The van der Waals surface area contributed by atoms with Crippen molar-refractivity contribution < 1.29 is 27.5 Å². The van der Waals surface area contributed by atoms with Crippen LogP contribution in [0.2, 0.25) is 0 Å². The molecule has 6 rings (SSSR count). The number of nitrogens with one attached hydrogen (secondary N) is 1. The van der Waals surface area contributed by atoms with Crippen LogP contribution in [0.3, 0.4) is 0 Å². The molecule has 15 heteroatoms. The van der Waals surface area contributed by atoms with Gasteiger partial charge in [0, 0.05) is 21.0 Å². The molecule has 4 aromatic rings. The molecular formula is C29H23BrN4O7S3. The minimum Gasteiger partial charge on any atom is -0.497 e. The molecule has 226 valence electrons. The van der Waals surface area contributed by atoms with Crippen LogP contribution in [0.1, 0.15) is 16.4 Å². The molecule has 1 saturated heterocycles. The van der Waals surface area contributed by atoms with E-state index in [4.69, 9.17) is 9.88 Å². The number of thiazole rings is 1. The van der Waals surface area contributed by atoms with E-state index >= 15 is 0 Å². The van der Waals surface area contributed by atoms with Crippen molar-refractivity contribution in [2.75, 3.05) is 17.3 Å². The molecule has 0 bridgehead atoms. The fourth-order valence-corrected chi connectivity index (χ4v) is 9.08. The number of rotatable bonds is 7. The Morgan fingerprint density at radius 1 is 1.02 bits per heavy atom. The topological polar surface area (TPSA) is 158 Å². The summed E-state index contributed by atoms with van der Waals surface area (Å²) in [4.78, 5) is 55.5. The molecule has 11 nitrogen and oxygen atoms in total. The number of halogens is 1. The number of sulfonamides is 1. The molecule has 0 radical (unpaired) electrons. The van der Waals surface area contributed by atoms with Crippen LogP contribution in [-0.4, -0.2) is 43.1 Å². The molecule has 2 aliphatic heterocycles. The van der Waals surface area contributed by atoms with E-state index in [1.807, 2.05) is 24.3 Å². The molecule has 3 amide bonds. The average Bonchev–Trinajstić information content (AvgIpc) is 3.43. The summed E-state index contributed by atoms with van der Waals surface area (Å²) in [6.07, 6.45) is 0. The first kappa shape index (κ1) is 30.3. The van der Waals surface area contributed by atoms with E-state index in [-0.39, 0.29) is 17.3 Å². The molecule has 0 unspecified atom stereocenters. The lowest BCUT2D eigenvalue weighted by Crippen LogP contribution is -2.33. The number of methoxy groups -OCH3 is 1. The zero-order chi connectivity index (χ0) is 31.3. The SMILES string of the molecule is COc1ccc(N2C(=O)[C@H]3[C@H](c4cccc(Br)c4)c4sc(=O)n(CC(=O)Nc5ccc(S(N)(=O)=O)cc5)c4S[C@H]3C2=O)cc1. The van der Waals surface area contributed by atoms with Crippen molar-refractivity contribution >= 4 is 78.1 Å². The van der Waals surface area contributed by atoms with Gasteiger partial charge in [-0.25, -0.2) is 18.5 Å². The molecule has 3 heterocycles. The maximum Gasteiger partial charge on any atom is 0.308 e. The molecule has 1 fully saturated rings. The third-order valence-corrected chi connectivity index (χ3v) is 11.4. The second kappa shape index (κ2) is 11.6. The van der Waals surface area contributed by atoms with E-state index in [9.17, 15) is 27.6 Å². The van der Waals surface area contributed by atoms with E-state index in [0.29, 0.717) is 27.0 Å². The molecule has 3 atom stereocenters. The van der Waals surface area contributed by atoms with Gasteiger partial charge in [0.05, 0.1) is 28.6 Å². The normalized spacial score (nSPS) is 19.4. The van der Waals surface area contributed by atoms with Crippen LogP contribution >= 0.6 is 39.0 Å². The van der Waals surface area contributed by atoms with E-state index in [0.717, 1.165) is 33.1 Å². The third kappa shape index (κ3) is 5.49. The fraction of sp³-hybridized carbons (Fsp3) is 0.172. The van der Waals surface area contributed by atoms with Gasteiger partial charge in [0.1, 0.15) is 17.5 Å². The highest BCUT2D eigenvalue weighted by molar-refractivity contribution is 9.10. The van der Waals surface area contributed by atoms with Crippen molar-refractivity contribution in [1.29, 1.82) is 0 Å². The minimum atomic E-state index is -3.90. The number of primary sulfonamides is 1. The summed E-state index contributed by atoms with van der Waals surface area (Å²) < 4.78 is 30.4. The Hall–Kier alpha value is -3.76. The average molecular weight is 716 g/mol. The van der Waals surface area contributed by atoms with Crippen LogP contribution in [0, 0.1) is 5.92 Å². The molecule has 0 spiro atoms. The Labute approximate surface area is 268 Å². The van der Waals surface area contributed by atoms with Gasteiger partial charge in [-0.15, -0.1) is 0 Å².